The van der Waals surface area contributed by atoms with Gasteiger partial charge in [0, 0.05) is 5.56 Å². The number of H-pyrrole nitrogens is 1. The molecule has 0 saturated carbocycles. The van der Waals surface area contributed by atoms with Gasteiger partial charge in [-0.25, -0.2) is 13.4 Å². The molecule has 1 heterocycles. The Morgan fingerprint density at radius 1 is 1.12 bits per heavy atom. The monoisotopic (exact) mass is 388 g/mol. The standard InChI is InChI=1S/C18H16N2O4S2/c1-12-7-9-13(10-8-12)16-19-17(25-11-15(21)22)18(20-16)26(23,24)14-5-3-2-4-6-14/h2-10H,11H2,1H3,(H,19,20)(H,21,22). The van der Waals surface area contributed by atoms with Gasteiger partial charge in [0.25, 0.3) is 0 Å². The molecule has 0 radical (unpaired) electrons. The molecule has 3 rings (SSSR count). The van der Waals surface area contributed by atoms with E-state index >= 15 is 0 Å². The van der Waals surface area contributed by atoms with Gasteiger partial charge in [-0.05, 0) is 19.1 Å². The normalized spacial score (nSPS) is 11.4. The Morgan fingerprint density at radius 3 is 2.38 bits per heavy atom. The fraction of sp³-hybridized carbons (Fsp3) is 0.111. The van der Waals surface area contributed by atoms with E-state index in [0.29, 0.717) is 5.82 Å². The van der Waals surface area contributed by atoms with E-state index in [1.54, 1.807) is 18.2 Å². The Kier molecular flexibility index (Phi) is 5.15. The van der Waals surface area contributed by atoms with Crippen LogP contribution in [-0.4, -0.2) is 35.2 Å². The van der Waals surface area contributed by atoms with E-state index in [4.69, 9.17) is 5.11 Å². The number of carboxylic acids is 1. The van der Waals surface area contributed by atoms with Crippen molar-refractivity contribution in [3.8, 4) is 11.4 Å². The number of imidazole rings is 1. The predicted molar refractivity (Wildman–Crippen MR) is 99.0 cm³/mol. The summed E-state index contributed by atoms with van der Waals surface area (Å²) in [4.78, 5) is 18.2. The van der Waals surface area contributed by atoms with Crippen LogP contribution in [0.4, 0.5) is 0 Å². The maximum absolute atomic E-state index is 13.0. The van der Waals surface area contributed by atoms with Gasteiger partial charge in [-0.2, -0.15) is 0 Å². The number of nitrogens with zero attached hydrogens (tertiary/aromatic N) is 1. The largest absolute Gasteiger partial charge is 0.481 e. The molecule has 0 aliphatic heterocycles. The Labute approximate surface area is 155 Å². The number of carbonyl (C=O) groups is 1. The molecule has 0 atom stereocenters. The molecule has 2 aromatic carbocycles. The van der Waals surface area contributed by atoms with Gasteiger partial charge in [-0.3, -0.25) is 4.79 Å². The number of hydrogen-bond donors (Lipinski definition) is 2. The highest BCUT2D eigenvalue weighted by molar-refractivity contribution is 8.00. The molecule has 3 aromatic rings. The molecule has 0 spiro atoms. The summed E-state index contributed by atoms with van der Waals surface area (Å²) in [5.41, 5.74) is 1.79. The fourth-order valence-corrected chi connectivity index (χ4v) is 4.68. The number of aryl methyl sites for hydroxylation is 1. The zero-order valence-electron chi connectivity index (χ0n) is 13.8. The first kappa shape index (κ1) is 18.2. The van der Waals surface area contributed by atoms with Crippen LogP contribution in [0.5, 0.6) is 0 Å². The molecule has 1 aromatic heterocycles. The molecule has 0 aliphatic carbocycles. The number of carboxylic acid groups (broad SMARTS) is 1. The first-order chi connectivity index (χ1) is 12.4. The van der Waals surface area contributed by atoms with E-state index in [-0.39, 0.29) is 20.7 Å². The second-order valence-electron chi connectivity index (χ2n) is 5.58. The SMILES string of the molecule is Cc1ccc(-c2nc(SCC(=O)O)c(S(=O)(=O)c3ccccc3)[nH]2)cc1. The molecule has 0 bridgehead atoms. The van der Waals surface area contributed by atoms with Gasteiger partial charge in [0.1, 0.15) is 10.9 Å². The highest BCUT2D eigenvalue weighted by Gasteiger charge is 2.26. The van der Waals surface area contributed by atoms with Gasteiger partial charge in [-0.1, -0.05) is 59.8 Å². The lowest BCUT2D eigenvalue weighted by atomic mass is 10.1. The average molecular weight is 388 g/mol. The van der Waals surface area contributed by atoms with Crippen molar-refractivity contribution in [2.24, 2.45) is 0 Å². The number of aromatic nitrogens is 2. The zero-order chi connectivity index (χ0) is 18.7. The lowest BCUT2D eigenvalue weighted by Crippen LogP contribution is -2.05. The average Bonchev–Trinajstić information content (AvgIpc) is 3.06. The van der Waals surface area contributed by atoms with Crippen molar-refractivity contribution in [3.05, 3.63) is 60.2 Å². The smallest absolute Gasteiger partial charge is 0.313 e. The van der Waals surface area contributed by atoms with E-state index in [2.05, 4.69) is 9.97 Å². The summed E-state index contributed by atoms with van der Waals surface area (Å²) in [6.45, 7) is 1.95. The van der Waals surface area contributed by atoms with E-state index in [1.807, 2.05) is 31.2 Å². The van der Waals surface area contributed by atoms with Crippen LogP contribution in [0.25, 0.3) is 11.4 Å². The topological polar surface area (TPSA) is 100 Å². The van der Waals surface area contributed by atoms with Crippen LogP contribution in [0, 0.1) is 6.92 Å². The number of nitrogens with one attached hydrogen (secondary N) is 1. The number of aliphatic carboxylic acids is 1. The molecule has 134 valence electrons. The highest BCUT2D eigenvalue weighted by Crippen LogP contribution is 2.32. The van der Waals surface area contributed by atoms with Gasteiger partial charge in [0.2, 0.25) is 9.84 Å². The second kappa shape index (κ2) is 7.35. The number of thioether (sulfide) groups is 1. The van der Waals surface area contributed by atoms with Crippen LogP contribution in [0.3, 0.4) is 0 Å². The quantitative estimate of drug-likeness (QED) is 0.628. The molecule has 0 fully saturated rings. The first-order valence-electron chi connectivity index (χ1n) is 7.69. The summed E-state index contributed by atoms with van der Waals surface area (Å²) in [6.07, 6.45) is 0. The van der Waals surface area contributed by atoms with Crippen molar-refractivity contribution in [1.82, 2.24) is 9.97 Å². The fourth-order valence-electron chi connectivity index (χ4n) is 2.32. The van der Waals surface area contributed by atoms with Crippen molar-refractivity contribution in [2.45, 2.75) is 21.9 Å². The number of aromatic amines is 1. The second-order valence-corrected chi connectivity index (χ2v) is 8.44. The third kappa shape index (κ3) is 3.81. The molecule has 0 saturated heterocycles. The summed E-state index contributed by atoms with van der Waals surface area (Å²) in [5.74, 6) is -0.944. The minimum atomic E-state index is -3.84. The highest BCUT2D eigenvalue weighted by atomic mass is 32.2. The Balaban J connectivity index is 2.10. The van der Waals surface area contributed by atoms with Crippen molar-refractivity contribution < 1.29 is 18.3 Å². The van der Waals surface area contributed by atoms with E-state index < -0.39 is 15.8 Å². The molecule has 6 nitrogen and oxygen atoms in total. The summed E-state index contributed by atoms with van der Waals surface area (Å²) < 4.78 is 25.9. The minimum Gasteiger partial charge on any atom is -0.481 e. The zero-order valence-corrected chi connectivity index (χ0v) is 15.5. The maximum atomic E-state index is 13.0. The van der Waals surface area contributed by atoms with Crippen molar-refractivity contribution >= 4 is 27.6 Å². The number of sulfone groups is 1. The van der Waals surface area contributed by atoms with E-state index in [9.17, 15) is 13.2 Å². The van der Waals surface area contributed by atoms with Crippen LogP contribution < -0.4 is 0 Å². The molecule has 26 heavy (non-hydrogen) atoms. The van der Waals surface area contributed by atoms with Gasteiger partial charge in [-0.15, -0.1) is 0 Å². The van der Waals surface area contributed by atoms with Crippen LogP contribution in [0.1, 0.15) is 5.56 Å². The Hall–Kier alpha value is -2.58. The summed E-state index contributed by atoms with van der Waals surface area (Å²) in [6, 6.07) is 15.4. The summed E-state index contributed by atoms with van der Waals surface area (Å²) in [7, 11) is -3.84. The van der Waals surface area contributed by atoms with Crippen LogP contribution in [0.2, 0.25) is 0 Å². The molecule has 0 unspecified atom stereocenters. The van der Waals surface area contributed by atoms with Gasteiger partial charge >= 0.3 is 5.97 Å². The molecular formula is C18H16N2O4S2. The van der Waals surface area contributed by atoms with Crippen LogP contribution >= 0.6 is 11.8 Å². The van der Waals surface area contributed by atoms with Gasteiger partial charge < -0.3 is 10.1 Å². The summed E-state index contributed by atoms with van der Waals surface area (Å²) in [5, 5.41) is 8.98. The maximum Gasteiger partial charge on any atom is 0.313 e. The van der Waals surface area contributed by atoms with Crippen molar-refractivity contribution in [2.75, 3.05) is 5.75 Å². The van der Waals surface area contributed by atoms with Crippen LogP contribution in [0.15, 0.2) is 69.5 Å². The lowest BCUT2D eigenvalue weighted by molar-refractivity contribution is -0.133. The van der Waals surface area contributed by atoms with Gasteiger partial charge in [0.05, 0.1) is 10.6 Å². The lowest BCUT2D eigenvalue weighted by Gasteiger charge is -2.04. The van der Waals surface area contributed by atoms with E-state index in [0.717, 1.165) is 22.9 Å². The van der Waals surface area contributed by atoms with E-state index in [1.165, 1.54) is 12.1 Å². The number of rotatable bonds is 6. The molecular weight excluding hydrogens is 372 g/mol. The Bertz CT molecular complexity index is 1030. The third-order valence-corrected chi connectivity index (χ3v) is 6.43. The summed E-state index contributed by atoms with van der Waals surface area (Å²) >= 11 is 0.874. The minimum absolute atomic E-state index is 0.0921. The van der Waals surface area contributed by atoms with Crippen molar-refractivity contribution in [1.29, 1.82) is 0 Å². The molecule has 2 N–H and O–H groups in total. The number of hydrogen-bond acceptors (Lipinski definition) is 5. The van der Waals surface area contributed by atoms with Crippen LogP contribution in [-0.2, 0) is 14.6 Å². The molecule has 0 aliphatic rings. The first-order valence-corrected chi connectivity index (χ1v) is 10.2. The molecule has 8 heteroatoms. The Morgan fingerprint density at radius 2 is 1.77 bits per heavy atom. The number of benzene rings is 2. The third-order valence-electron chi connectivity index (χ3n) is 3.62. The van der Waals surface area contributed by atoms with Gasteiger partial charge in [0.15, 0.2) is 5.03 Å². The van der Waals surface area contributed by atoms with Crippen molar-refractivity contribution in [3.63, 3.8) is 0 Å². The predicted octanol–water partition coefficient (Wildman–Crippen LogP) is 3.39. The molecule has 0 amide bonds.